The van der Waals surface area contributed by atoms with Gasteiger partial charge in [-0.05, 0) is 19.4 Å². The molecule has 0 bridgehead atoms. The van der Waals surface area contributed by atoms with E-state index >= 15 is 0 Å². The van der Waals surface area contributed by atoms with Gasteiger partial charge in [-0.25, -0.2) is 0 Å². The average Bonchev–Trinajstić information content (AvgIpc) is 2.31. The van der Waals surface area contributed by atoms with Crippen molar-refractivity contribution in [2.75, 3.05) is 32.7 Å². The molecule has 18 heavy (non-hydrogen) atoms. The number of hydrogen-bond acceptors (Lipinski definition) is 3. The molecule has 3 nitrogen and oxygen atoms in total. The van der Waals surface area contributed by atoms with Crippen LogP contribution in [0.1, 0.15) is 19.4 Å². The summed E-state index contributed by atoms with van der Waals surface area (Å²) in [5.41, 5.74) is 0.801. The zero-order valence-corrected chi connectivity index (χ0v) is 11.5. The maximum absolute atomic E-state index is 9.82. The van der Waals surface area contributed by atoms with E-state index in [1.54, 1.807) is 0 Å². The number of aliphatic hydroxyl groups is 1. The van der Waals surface area contributed by atoms with Gasteiger partial charge in [-0.2, -0.15) is 0 Å². The van der Waals surface area contributed by atoms with Gasteiger partial charge in [0.25, 0.3) is 0 Å². The van der Waals surface area contributed by atoms with Gasteiger partial charge in [0.05, 0.1) is 5.60 Å². The Labute approximate surface area is 110 Å². The minimum atomic E-state index is -0.582. The molecule has 0 aliphatic carbocycles. The van der Waals surface area contributed by atoms with E-state index in [2.05, 4.69) is 40.1 Å². The van der Waals surface area contributed by atoms with E-state index in [4.69, 9.17) is 0 Å². The molecule has 1 aliphatic rings. The number of piperazine rings is 1. The van der Waals surface area contributed by atoms with Gasteiger partial charge in [-0.1, -0.05) is 30.3 Å². The second-order valence-corrected chi connectivity index (χ2v) is 5.85. The summed E-state index contributed by atoms with van der Waals surface area (Å²) in [6.45, 7) is 9.85. The lowest BCUT2D eigenvalue weighted by Crippen LogP contribution is -2.50. The van der Waals surface area contributed by atoms with E-state index in [1.165, 1.54) is 5.56 Å². The van der Waals surface area contributed by atoms with Crippen LogP contribution in [-0.4, -0.2) is 53.2 Å². The van der Waals surface area contributed by atoms with Crippen molar-refractivity contribution in [2.24, 2.45) is 0 Å². The molecule has 0 radical (unpaired) electrons. The van der Waals surface area contributed by atoms with Crippen LogP contribution in [0.15, 0.2) is 30.3 Å². The molecule has 0 unspecified atom stereocenters. The largest absolute Gasteiger partial charge is 0.389 e. The Morgan fingerprint density at radius 2 is 1.56 bits per heavy atom. The van der Waals surface area contributed by atoms with E-state index in [9.17, 15) is 5.11 Å². The van der Waals surface area contributed by atoms with Crippen molar-refractivity contribution in [1.29, 1.82) is 0 Å². The van der Waals surface area contributed by atoms with Gasteiger partial charge in [0.15, 0.2) is 0 Å². The summed E-state index contributed by atoms with van der Waals surface area (Å²) in [5, 5.41) is 9.82. The Morgan fingerprint density at radius 3 is 2.11 bits per heavy atom. The molecule has 0 amide bonds. The molecule has 0 atom stereocenters. The highest BCUT2D eigenvalue weighted by molar-refractivity contribution is 5.14. The predicted octanol–water partition coefficient (Wildman–Crippen LogP) is 1.58. The lowest BCUT2D eigenvalue weighted by molar-refractivity contribution is 0.0167. The van der Waals surface area contributed by atoms with Crippen LogP contribution in [0.4, 0.5) is 0 Å². The molecule has 1 saturated heterocycles. The van der Waals surface area contributed by atoms with Crippen molar-refractivity contribution < 1.29 is 5.11 Å². The molecule has 1 aromatic rings. The van der Waals surface area contributed by atoms with Crippen LogP contribution in [0.5, 0.6) is 0 Å². The number of nitrogens with zero attached hydrogens (tertiary/aromatic N) is 2. The van der Waals surface area contributed by atoms with Crippen LogP contribution in [0, 0.1) is 0 Å². The second-order valence-electron chi connectivity index (χ2n) is 5.85. The third-order valence-electron chi connectivity index (χ3n) is 3.32. The summed E-state index contributed by atoms with van der Waals surface area (Å²) < 4.78 is 0. The van der Waals surface area contributed by atoms with Crippen LogP contribution < -0.4 is 0 Å². The molecule has 0 spiro atoms. The number of benzene rings is 1. The SMILES string of the molecule is CC(C)(O)CN1CCN(Cc2ccccc2)CC1. The summed E-state index contributed by atoms with van der Waals surface area (Å²) in [7, 11) is 0. The summed E-state index contributed by atoms with van der Waals surface area (Å²) in [6.07, 6.45) is 0. The topological polar surface area (TPSA) is 26.7 Å². The Morgan fingerprint density at radius 1 is 1.00 bits per heavy atom. The fourth-order valence-electron chi connectivity index (χ4n) is 2.49. The number of hydrogen-bond donors (Lipinski definition) is 1. The summed E-state index contributed by atoms with van der Waals surface area (Å²) in [6, 6.07) is 10.6. The first-order chi connectivity index (χ1) is 8.53. The molecule has 1 aliphatic heterocycles. The normalized spacial score (nSPS) is 19.1. The summed E-state index contributed by atoms with van der Waals surface area (Å²) >= 11 is 0. The first kappa shape index (κ1) is 13.5. The van der Waals surface area contributed by atoms with Crippen molar-refractivity contribution in [2.45, 2.75) is 26.0 Å². The molecule has 1 aromatic carbocycles. The van der Waals surface area contributed by atoms with Crippen LogP contribution in [0.25, 0.3) is 0 Å². The molecule has 0 saturated carbocycles. The standard InChI is InChI=1S/C15H24N2O/c1-15(2,18)13-17-10-8-16(9-11-17)12-14-6-4-3-5-7-14/h3-7,18H,8-13H2,1-2H3. The Bertz CT molecular complexity index is 351. The first-order valence-electron chi connectivity index (χ1n) is 6.74. The third kappa shape index (κ3) is 4.41. The van der Waals surface area contributed by atoms with Crippen molar-refractivity contribution in [3.8, 4) is 0 Å². The van der Waals surface area contributed by atoms with Crippen LogP contribution in [-0.2, 0) is 6.54 Å². The van der Waals surface area contributed by atoms with Crippen molar-refractivity contribution in [3.05, 3.63) is 35.9 Å². The molecular weight excluding hydrogens is 224 g/mol. The lowest BCUT2D eigenvalue weighted by atomic mass is 10.1. The summed E-state index contributed by atoms with van der Waals surface area (Å²) in [4.78, 5) is 4.83. The molecule has 3 heteroatoms. The Kier molecular flexibility index (Phi) is 4.38. The monoisotopic (exact) mass is 248 g/mol. The fraction of sp³-hybridized carbons (Fsp3) is 0.600. The van der Waals surface area contributed by atoms with Crippen LogP contribution >= 0.6 is 0 Å². The Balaban J connectivity index is 1.77. The van der Waals surface area contributed by atoms with Gasteiger partial charge in [-0.3, -0.25) is 9.80 Å². The van der Waals surface area contributed by atoms with E-state index in [1.807, 2.05) is 13.8 Å². The molecule has 1 heterocycles. The van der Waals surface area contributed by atoms with Gasteiger partial charge in [0.1, 0.15) is 0 Å². The van der Waals surface area contributed by atoms with E-state index < -0.39 is 5.60 Å². The number of rotatable bonds is 4. The second kappa shape index (κ2) is 5.83. The molecular formula is C15H24N2O. The quantitative estimate of drug-likeness (QED) is 0.876. The first-order valence-corrected chi connectivity index (χ1v) is 6.74. The van der Waals surface area contributed by atoms with Crippen molar-refractivity contribution in [1.82, 2.24) is 9.80 Å². The molecule has 1 N–H and O–H groups in total. The highest BCUT2D eigenvalue weighted by atomic mass is 16.3. The van der Waals surface area contributed by atoms with Gasteiger partial charge in [0, 0.05) is 39.3 Å². The van der Waals surface area contributed by atoms with E-state index in [0.717, 1.165) is 39.3 Å². The maximum atomic E-state index is 9.82. The molecule has 1 fully saturated rings. The minimum Gasteiger partial charge on any atom is -0.389 e. The number of β-amino-alcohol motifs (C(OH)–C–C–N with tert-alkyl or cyclic N) is 1. The maximum Gasteiger partial charge on any atom is 0.0718 e. The summed E-state index contributed by atoms with van der Waals surface area (Å²) in [5.74, 6) is 0. The van der Waals surface area contributed by atoms with Gasteiger partial charge < -0.3 is 5.11 Å². The van der Waals surface area contributed by atoms with Gasteiger partial charge in [-0.15, -0.1) is 0 Å². The van der Waals surface area contributed by atoms with E-state index in [0.29, 0.717) is 0 Å². The van der Waals surface area contributed by atoms with Gasteiger partial charge in [0.2, 0.25) is 0 Å². The van der Waals surface area contributed by atoms with Crippen molar-refractivity contribution >= 4 is 0 Å². The zero-order chi connectivity index (χ0) is 13.0. The fourth-order valence-corrected chi connectivity index (χ4v) is 2.49. The zero-order valence-electron chi connectivity index (χ0n) is 11.5. The Hall–Kier alpha value is -0.900. The molecule has 2 rings (SSSR count). The molecule has 0 aromatic heterocycles. The van der Waals surface area contributed by atoms with Crippen LogP contribution in [0.3, 0.4) is 0 Å². The average molecular weight is 248 g/mol. The van der Waals surface area contributed by atoms with E-state index in [-0.39, 0.29) is 0 Å². The van der Waals surface area contributed by atoms with Gasteiger partial charge >= 0.3 is 0 Å². The van der Waals surface area contributed by atoms with Crippen LogP contribution in [0.2, 0.25) is 0 Å². The minimum absolute atomic E-state index is 0.582. The third-order valence-corrected chi connectivity index (χ3v) is 3.32. The van der Waals surface area contributed by atoms with Crippen molar-refractivity contribution in [3.63, 3.8) is 0 Å². The lowest BCUT2D eigenvalue weighted by Gasteiger charge is -2.37. The highest BCUT2D eigenvalue weighted by Crippen LogP contribution is 2.11. The predicted molar refractivity (Wildman–Crippen MR) is 74.5 cm³/mol. The smallest absolute Gasteiger partial charge is 0.0718 e. The highest BCUT2D eigenvalue weighted by Gasteiger charge is 2.22. The molecule has 100 valence electrons.